The summed E-state index contributed by atoms with van der Waals surface area (Å²) in [5, 5.41) is 31.5. The first kappa shape index (κ1) is 18.5. The SMILES string of the molecule is O=C([O-])O.OCCOCCO.[K+]. The maximum absolute atomic E-state index is 8.44. The maximum atomic E-state index is 8.44. The van der Waals surface area contributed by atoms with Crippen LogP contribution in [0.3, 0.4) is 0 Å². The molecule has 7 heteroatoms. The van der Waals surface area contributed by atoms with Gasteiger partial charge in [0, 0.05) is 0 Å². The van der Waals surface area contributed by atoms with E-state index < -0.39 is 6.16 Å². The topological polar surface area (TPSA) is 110 Å². The predicted molar refractivity (Wildman–Crippen MR) is 33.0 cm³/mol. The van der Waals surface area contributed by atoms with Crippen LogP contribution >= 0.6 is 0 Å². The summed E-state index contributed by atoms with van der Waals surface area (Å²) >= 11 is 0. The molecular formula is C5H11KO6. The number of hydrogen-bond donors (Lipinski definition) is 3. The van der Waals surface area contributed by atoms with Crippen molar-refractivity contribution >= 4 is 6.16 Å². The molecular weight excluding hydrogens is 195 g/mol. The van der Waals surface area contributed by atoms with E-state index in [1.54, 1.807) is 0 Å². The third-order valence-electron chi connectivity index (χ3n) is 0.471. The number of carbonyl (C=O) groups is 1. The molecule has 0 heterocycles. The van der Waals surface area contributed by atoms with Crippen molar-refractivity contribution < 1.29 is 81.3 Å². The molecule has 68 valence electrons. The average molecular weight is 206 g/mol. The summed E-state index contributed by atoms with van der Waals surface area (Å²) < 4.78 is 4.63. The summed E-state index contributed by atoms with van der Waals surface area (Å²) in [5.41, 5.74) is 0. The molecule has 3 N–H and O–H groups in total. The van der Waals surface area contributed by atoms with Gasteiger partial charge in [-0.15, -0.1) is 0 Å². The molecule has 0 amide bonds. The first-order chi connectivity index (χ1) is 5.15. The second kappa shape index (κ2) is 17.8. The number of rotatable bonds is 4. The van der Waals surface area contributed by atoms with Crippen LogP contribution in [0, 0.1) is 0 Å². The molecule has 0 rings (SSSR count). The van der Waals surface area contributed by atoms with Crippen molar-refractivity contribution in [3.05, 3.63) is 0 Å². The number of hydrogen-bond acceptors (Lipinski definition) is 5. The minimum atomic E-state index is -2.08. The summed E-state index contributed by atoms with van der Waals surface area (Å²) in [7, 11) is 0. The number of ether oxygens (including phenoxy) is 1. The zero-order chi connectivity index (χ0) is 9.11. The zero-order valence-corrected chi connectivity index (χ0v) is 10.0. The van der Waals surface area contributed by atoms with Crippen LogP contribution in [-0.4, -0.2) is 47.9 Å². The first-order valence-electron chi connectivity index (χ1n) is 2.84. The molecule has 0 aromatic heterocycles. The van der Waals surface area contributed by atoms with Gasteiger partial charge in [0.15, 0.2) is 0 Å². The Morgan fingerprint density at radius 2 is 1.50 bits per heavy atom. The molecule has 0 fully saturated rings. The smallest absolute Gasteiger partial charge is 0.565 e. The molecule has 0 unspecified atom stereocenters. The first-order valence-corrected chi connectivity index (χ1v) is 2.84. The fraction of sp³-hybridized carbons (Fsp3) is 0.800. The van der Waals surface area contributed by atoms with Crippen molar-refractivity contribution in [1.29, 1.82) is 0 Å². The van der Waals surface area contributed by atoms with Crippen LogP contribution in [0.5, 0.6) is 0 Å². The van der Waals surface area contributed by atoms with Crippen LogP contribution in [0.15, 0.2) is 0 Å². The van der Waals surface area contributed by atoms with Crippen molar-refractivity contribution in [1.82, 2.24) is 0 Å². The maximum Gasteiger partial charge on any atom is 1.00 e. The molecule has 0 aromatic rings. The average Bonchev–Trinajstić information content (AvgIpc) is 1.88. The molecule has 0 radical (unpaired) electrons. The predicted octanol–water partition coefficient (Wildman–Crippen LogP) is -5.12. The van der Waals surface area contributed by atoms with Gasteiger partial charge in [-0.25, -0.2) is 0 Å². The van der Waals surface area contributed by atoms with Gasteiger partial charge in [0.25, 0.3) is 0 Å². The van der Waals surface area contributed by atoms with Gasteiger partial charge in [-0.1, -0.05) is 0 Å². The van der Waals surface area contributed by atoms with Gasteiger partial charge in [-0.2, -0.15) is 0 Å². The Bertz CT molecular complexity index is 80.0. The van der Waals surface area contributed by atoms with Crippen molar-refractivity contribution in [2.75, 3.05) is 26.4 Å². The third-order valence-corrected chi connectivity index (χ3v) is 0.471. The van der Waals surface area contributed by atoms with E-state index in [1.165, 1.54) is 0 Å². The van der Waals surface area contributed by atoms with Crippen LogP contribution in [0.1, 0.15) is 0 Å². The van der Waals surface area contributed by atoms with Gasteiger partial charge in [-0.3, -0.25) is 0 Å². The largest absolute Gasteiger partial charge is 1.00 e. The van der Waals surface area contributed by atoms with E-state index in [0.29, 0.717) is 13.2 Å². The quantitative estimate of drug-likeness (QED) is 0.313. The van der Waals surface area contributed by atoms with E-state index in [9.17, 15) is 0 Å². The Morgan fingerprint density at radius 1 is 1.25 bits per heavy atom. The van der Waals surface area contributed by atoms with Gasteiger partial charge < -0.3 is 30.0 Å². The van der Waals surface area contributed by atoms with E-state index in [4.69, 9.17) is 25.2 Å². The minimum Gasteiger partial charge on any atom is -0.565 e. The molecule has 0 aromatic carbocycles. The van der Waals surface area contributed by atoms with Crippen LogP contribution in [0.2, 0.25) is 0 Å². The normalized spacial score (nSPS) is 7.50. The van der Waals surface area contributed by atoms with E-state index in [1.807, 2.05) is 0 Å². The molecule has 0 aliphatic heterocycles. The second-order valence-corrected chi connectivity index (χ2v) is 1.33. The number of carboxylic acid groups (broad SMARTS) is 2. The summed E-state index contributed by atoms with van der Waals surface area (Å²) in [5.74, 6) is 0. The van der Waals surface area contributed by atoms with E-state index >= 15 is 0 Å². The molecule has 0 saturated heterocycles. The van der Waals surface area contributed by atoms with Gasteiger partial charge in [0.2, 0.25) is 6.16 Å². The number of aliphatic hydroxyl groups is 2. The number of aliphatic hydroxyl groups excluding tert-OH is 2. The Kier molecular flexibility index (Phi) is 27.5. The van der Waals surface area contributed by atoms with Gasteiger partial charge in [0.05, 0.1) is 26.4 Å². The molecule has 0 atom stereocenters. The van der Waals surface area contributed by atoms with Crippen molar-refractivity contribution in [3.8, 4) is 0 Å². The van der Waals surface area contributed by atoms with Crippen LogP contribution in [0.4, 0.5) is 4.79 Å². The van der Waals surface area contributed by atoms with E-state index in [0.717, 1.165) is 0 Å². The Balaban J connectivity index is -0.000000142. The molecule has 0 saturated carbocycles. The van der Waals surface area contributed by atoms with Crippen LogP contribution in [-0.2, 0) is 4.74 Å². The fourth-order valence-corrected chi connectivity index (χ4v) is 0.231. The Hall–Kier alpha value is 0.786. The van der Waals surface area contributed by atoms with E-state index in [2.05, 4.69) is 4.74 Å². The summed E-state index contributed by atoms with van der Waals surface area (Å²) in [6, 6.07) is 0. The van der Waals surface area contributed by atoms with Gasteiger partial charge in [0.1, 0.15) is 0 Å². The zero-order valence-electron chi connectivity index (χ0n) is 6.89. The summed E-state index contributed by atoms with van der Waals surface area (Å²) in [4.78, 5) is 8.44. The fourth-order valence-electron chi connectivity index (χ4n) is 0.231. The third kappa shape index (κ3) is 45.1. The molecule has 0 aliphatic carbocycles. The molecule has 6 nitrogen and oxygen atoms in total. The molecule has 12 heavy (non-hydrogen) atoms. The Morgan fingerprint density at radius 3 is 1.67 bits per heavy atom. The van der Waals surface area contributed by atoms with Crippen LogP contribution < -0.4 is 56.5 Å². The second-order valence-electron chi connectivity index (χ2n) is 1.33. The molecule has 0 spiro atoms. The van der Waals surface area contributed by atoms with Crippen LogP contribution in [0.25, 0.3) is 0 Å². The Labute approximate surface area is 113 Å². The monoisotopic (exact) mass is 206 g/mol. The summed E-state index contributed by atoms with van der Waals surface area (Å²) in [6.45, 7) is 0.696. The van der Waals surface area contributed by atoms with Gasteiger partial charge in [-0.05, 0) is 0 Å². The summed E-state index contributed by atoms with van der Waals surface area (Å²) in [6.07, 6.45) is -2.08. The minimum absolute atomic E-state index is 0. The van der Waals surface area contributed by atoms with Crippen molar-refractivity contribution in [3.63, 3.8) is 0 Å². The molecule has 0 aliphatic rings. The van der Waals surface area contributed by atoms with Crippen molar-refractivity contribution in [2.24, 2.45) is 0 Å². The standard InChI is InChI=1S/C4H10O3.CH2O3.K/c5-1-3-7-4-2-6;2-1(3)4;/h5-6H,1-4H2;(H2,2,3,4);/q;;+1/p-1. The van der Waals surface area contributed by atoms with Crippen molar-refractivity contribution in [2.45, 2.75) is 0 Å². The van der Waals surface area contributed by atoms with E-state index in [-0.39, 0.29) is 64.6 Å². The molecule has 0 bridgehead atoms. The van der Waals surface area contributed by atoms with Gasteiger partial charge >= 0.3 is 51.4 Å².